The fraction of sp³-hybridized carbons (Fsp3) is 0.278. The van der Waals surface area contributed by atoms with Gasteiger partial charge in [-0.15, -0.1) is 11.8 Å². The number of nitro groups is 1. The minimum Gasteiger partial charge on any atom is -0.325 e. The Morgan fingerprint density at radius 2 is 1.79 bits per heavy atom. The number of hydrogen-bond acceptors (Lipinski definition) is 4. The molecule has 2 rings (SSSR count). The largest absolute Gasteiger partial charge is 0.325 e. The Hall–Kier alpha value is -2.34. The minimum atomic E-state index is -0.438. The molecule has 1 amide bonds. The summed E-state index contributed by atoms with van der Waals surface area (Å²) in [6.07, 6.45) is 0. The van der Waals surface area contributed by atoms with E-state index in [-0.39, 0.29) is 16.8 Å². The molecule has 0 heterocycles. The molecule has 1 unspecified atom stereocenters. The number of amides is 1. The molecular weight excluding hydrogens is 324 g/mol. The Labute approximate surface area is 145 Å². The first-order valence-corrected chi connectivity index (χ1v) is 8.56. The molecule has 0 aliphatic carbocycles. The zero-order valence-electron chi connectivity index (χ0n) is 13.9. The maximum atomic E-state index is 12.3. The van der Waals surface area contributed by atoms with Crippen molar-refractivity contribution < 1.29 is 9.72 Å². The van der Waals surface area contributed by atoms with Crippen LogP contribution in [-0.4, -0.2) is 16.1 Å². The first-order valence-electron chi connectivity index (χ1n) is 7.68. The van der Waals surface area contributed by atoms with Crippen LogP contribution in [0.2, 0.25) is 0 Å². The third-order valence-electron chi connectivity index (χ3n) is 3.55. The molecule has 5 nitrogen and oxygen atoms in total. The average Bonchev–Trinajstić information content (AvgIpc) is 2.55. The SMILES string of the molecule is CC(Sc1ccc([N+](=O)[O-])cc1)C(=O)Nc1cccc(C(C)C)c1. The molecule has 0 fully saturated rings. The highest BCUT2D eigenvalue weighted by molar-refractivity contribution is 8.00. The van der Waals surface area contributed by atoms with Gasteiger partial charge < -0.3 is 5.32 Å². The van der Waals surface area contributed by atoms with Crippen LogP contribution in [0, 0.1) is 10.1 Å². The first kappa shape index (κ1) is 18.0. The molecule has 0 aromatic heterocycles. The van der Waals surface area contributed by atoms with Crippen molar-refractivity contribution in [2.75, 3.05) is 5.32 Å². The standard InChI is InChI=1S/C18H20N2O3S/c1-12(2)14-5-4-6-15(11-14)19-18(21)13(3)24-17-9-7-16(8-10-17)20(22)23/h4-13H,1-3H3,(H,19,21). The van der Waals surface area contributed by atoms with Crippen LogP contribution in [0.5, 0.6) is 0 Å². The van der Waals surface area contributed by atoms with Gasteiger partial charge in [-0.3, -0.25) is 14.9 Å². The van der Waals surface area contributed by atoms with E-state index in [1.54, 1.807) is 12.1 Å². The Balaban J connectivity index is 1.99. The van der Waals surface area contributed by atoms with E-state index in [0.717, 1.165) is 10.6 Å². The van der Waals surface area contributed by atoms with Gasteiger partial charge in [-0.05, 0) is 42.7 Å². The van der Waals surface area contributed by atoms with Gasteiger partial charge in [0.2, 0.25) is 5.91 Å². The molecule has 0 spiro atoms. The summed E-state index contributed by atoms with van der Waals surface area (Å²) in [5.41, 5.74) is 1.99. The molecule has 0 radical (unpaired) electrons. The quantitative estimate of drug-likeness (QED) is 0.462. The van der Waals surface area contributed by atoms with E-state index in [1.165, 1.54) is 29.5 Å². The van der Waals surface area contributed by atoms with Crippen molar-refractivity contribution in [1.29, 1.82) is 0 Å². The second-order valence-electron chi connectivity index (χ2n) is 5.78. The first-order chi connectivity index (χ1) is 11.4. The zero-order chi connectivity index (χ0) is 17.7. The lowest BCUT2D eigenvalue weighted by molar-refractivity contribution is -0.384. The van der Waals surface area contributed by atoms with Crippen LogP contribution < -0.4 is 5.32 Å². The number of nitrogens with one attached hydrogen (secondary N) is 1. The van der Waals surface area contributed by atoms with E-state index >= 15 is 0 Å². The number of thioether (sulfide) groups is 1. The van der Waals surface area contributed by atoms with Crippen LogP contribution in [0.1, 0.15) is 32.3 Å². The summed E-state index contributed by atoms with van der Waals surface area (Å²) in [6, 6.07) is 14.0. The summed E-state index contributed by atoms with van der Waals surface area (Å²) in [4.78, 5) is 23.4. The van der Waals surface area contributed by atoms with E-state index in [2.05, 4.69) is 19.2 Å². The molecule has 2 aromatic carbocycles. The van der Waals surface area contributed by atoms with Crippen molar-refractivity contribution in [1.82, 2.24) is 0 Å². The van der Waals surface area contributed by atoms with Crippen LogP contribution in [0.4, 0.5) is 11.4 Å². The van der Waals surface area contributed by atoms with Crippen molar-refractivity contribution in [3.63, 3.8) is 0 Å². The number of carbonyl (C=O) groups is 1. The van der Waals surface area contributed by atoms with Crippen LogP contribution >= 0.6 is 11.8 Å². The number of nitro benzene ring substituents is 1. The third-order valence-corrected chi connectivity index (χ3v) is 4.66. The smallest absolute Gasteiger partial charge is 0.269 e. The van der Waals surface area contributed by atoms with Crippen molar-refractivity contribution in [3.05, 3.63) is 64.2 Å². The van der Waals surface area contributed by atoms with E-state index in [4.69, 9.17) is 0 Å². The molecular formula is C18H20N2O3S. The molecule has 1 N–H and O–H groups in total. The number of nitrogens with zero attached hydrogens (tertiary/aromatic N) is 1. The van der Waals surface area contributed by atoms with Crippen LogP contribution in [-0.2, 0) is 4.79 Å². The van der Waals surface area contributed by atoms with Gasteiger partial charge >= 0.3 is 0 Å². The molecule has 0 bridgehead atoms. The summed E-state index contributed by atoms with van der Waals surface area (Å²) >= 11 is 1.37. The Bertz CT molecular complexity index is 729. The van der Waals surface area contributed by atoms with Gasteiger partial charge in [-0.25, -0.2) is 0 Å². The predicted molar refractivity (Wildman–Crippen MR) is 97.6 cm³/mol. The number of hydrogen-bond donors (Lipinski definition) is 1. The summed E-state index contributed by atoms with van der Waals surface area (Å²) in [6.45, 7) is 6.02. The van der Waals surface area contributed by atoms with Gasteiger partial charge in [0.25, 0.3) is 5.69 Å². The summed E-state index contributed by atoms with van der Waals surface area (Å²) < 4.78 is 0. The van der Waals surface area contributed by atoms with Crippen LogP contribution in [0.3, 0.4) is 0 Å². The van der Waals surface area contributed by atoms with Gasteiger partial charge in [0.15, 0.2) is 0 Å². The molecule has 0 aliphatic rings. The Morgan fingerprint density at radius 1 is 1.12 bits per heavy atom. The van der Waals surface area contributed by atoms with Crippen molar-refractivity contribution >= 4 is 29.0 Å². The number of carbonyl (C=O) groups excluding carboxylic acids is 1. The highest BCUT2D eigenvalue weighted by Crippen LogP contribution is 2.26. The maximum Gasteiger partial charge on any atom is 0.269 e. The van der Waals surface area contributed by atoms with E-state index in [1.807, 2.05) is 31.2 Å². The van der Waals surface area contributed by atoms with Gasteiger partial charge in [0.05, 0.1) is 10.2 Å². The Kier molecular flexibility index (Phi) is 5.98. The second kappa shape index (κ2) is 7.97. The van der Waals surface area contributed by atoms with Gasteiger partial charge in [0, 0.05) is 22.7 Å². The summed E-state index contributed by atoms with van der Waals surface area (Å²) in [5.74, 6) is 0.299. The highest BCUT2D eigenvalue weighted by atomic mass is 32.2. The lowest BCUT2D eigenvalue weighted by atomic mass is 10.0. The van der Waals surface area contributed by atoms with Gasteiger partial charge in [0.1, 0.15) is 0 Å². The van der Waals surface area contributed by atoms with E-state index in [0.29, 0.717) is 5.92 Å². The zero-order valence-corrected chi connectivity index (χ0v) is 14.7. The third kappa shape index (κ3) is 4.83. The fourth-order valence-corrected chi connectivity index (χ4v) is 2.99. The molecule has 6 heteroatoms. The number of rotatable bonds is 6. The minimum absolute atomic E-state index is 0.0435. The predicted octanol–water partition coefficient (Wildman–Crippen LogP) is 4.84. The lowest BCUT2D eigenvalue weighted by Gasteiger charge is -2.13. The van der Waals surface area contributed by atoms with Crippen molar-refractivity contribution in [3.8, 4) is 0 Å². The molecule has 2 aromatic rings. The Morgan fingerprint density at radius 3 is 2.38 bits per heavy atom. The second-order valence-corrected chi connectivity index (χ2v) is 7.19. The van der Waals surface area contributed by atoms with Crippen molar-refractivity contribution in [2.45, 2.75) is 36.8 Å². The molecule has 1 atom stereocenters. The number of anilines is 1. The lowest BCUT2D eigenvalue weighted by Crippen LogP contribution is -2.22. The summed E-state index contributed by atoms with van der Waals surface area (Å²) in [7, 11) is 0. The molecule has 0 aliphatic heterocycles. The highest BCUT2D eigenvalue weighted by Gasteiger charge is 2.15. The van der Waals surface area contributed by atoms with E-state index in [9.17, 15) is 14.9 Å². The molecule has 0 saturated heterocycles. The van der Waals surface area contributed by atoms with Gasteiger partial charge in [-0.1, -0.05) is 26.0 Å². The maximum absolute atomic E-state index is 12.3. The number of non-ortho nitro benzene ring substituents is 1. The van der Waals surface area contributed by atoms with E-state index < -0.39 is 4.92 Å². The molecule has 0 saturated carbocycles. The average molecular weight is 344 g/mol. The van der Waals surface area contributed by atoms with Gasteiger partial charge in [-0.2, -0.15) is 0 Å². The molecule has 24 heavy (non-hydrogen) atoms. The normalized spacial score (nSPS) is 12.0. The van der Waals surface area contributed by atoms with Crippen LogP contribution in [0.15, 0.2) is 53.4 Å². The molecule has 126 valence electrons. The fourth-order valence-electron chi connectivity index (χ4n) is 2.12. The monoisotopic (exact) mass is 344 g/mol. The van der Waals surface area contributed by atoms with Crippen molar-refractivity contribution in [2.24, 2.45) is 0 Å². The summed E-state index contributed by atoms with van der Waals surface area (Å²) in [5, 5.41) is 13.3. The van der Waals surface area contributed by atoms with Crippen LogP contribution in [0.25, 0.3) is 0 Å². The topological polar surface area (TPSA) is 72.2 Å². The number of benzene rings is 2.